The molecule has 2 amide bonds. The summed E-state index contributed by atoms with van der Waals surface area (Å²) in [7, 11) is 1.50. The van der Waals surface area contributed by atoms with E-state index in [4.69, 9.17) is 9.47 Å². The molecule has 3 N–H and O–H groups in total. The van der Waals surface area contributed by atoms with Crippen molar-refractivity contribution in [1.29, 1.82) is 0 Å². The Labute approximate surface area is 169 Å². The fraction of sp³-hybridized carbons (Fsp3) is 0.286. The number of unbranched alkanes of at least 4 members (excludes halogenated alkanes) is 1. The minimum atomic E-state index is -0.503. The van der Waals surface area contributed by atoms with Gasteiger partial charge in [-0.25, -0.2) is 5.43 Å². The van der Waals surface area contributed by atoms with Crippen molar-refractivity contribution < 1.29 is 24.2 Å². The second-order valence-corrected chi connectivity index (χ2v) is 6.13. The summed E-state index contributed by atoms with van der Waals surface area (Å²) in [6, 6.07) is 11.3. The number of hydrogen-bond donors (Lipinski definition) is 3. The van der Waals surface area contributed by atoms with Gasteiger partial charge in [0, 0.05) is 11.1 Å². The van der Waals surface area contributed by atoms with E-state index >= 15 is 0 Å². The highest BCUT2D eigenvalue weighted by Crippen LogP contribution is 2.20. The number of phenols is 1. The number of phenolic OH excluding ortho intramolecular Hbond substituents is 1. The summed E-state index contributed by atoms with van der Waals surface area (Å²) in [5.41, 5.74) is 3.09. The molecule has 0 fully saturated rings. The number of nitrogens with zero attached hydrogens (tertiary/aromatic N) is 1. The average molecular weight is 399 g/mol. The third-order valence-corrected chi connectivity index (χ3v) is 3.92. The Kier molecular flexibility index (Phi) is 8.50. The van der Waals surface area contributed by atoms with Gasteiger partial charge < -0.3 is 19.9 Å². The lowest BCUT2D eigenvalue weighted by Gasteiger charge is -2.07. The zero-order valence-corrected chi connectivity index (χ0v) is 16.5. The van der Waals surface area contributed by atoms with Crippen molar-refractivity contribution in [3.8, 4) is 17.2 Å². The van der Waals surface area contributed by atoms with Crippen LogP contribution in [0, 0.1) is 0 Å². The number of carbonyl (C=O) groups is 2. The van der Waals surface area contributed by atoms with Gasteiger partial charge in [0.15, 0.2) is 0 Å². The second kappa shape index (κ2) is 11.3. The van der Waals surface area contributed by atoms with Crippen molar-refractivity contribution in [2.24, 2.45) is 5.10 Å². The lowest BCUT2D eigenvalue weighted by Crippen LogP contribution is -2.34. The zero-order valence-electron chi connectivity index (χ0n) is 16.5. The lowest BCUT2D eigenvalue weighted by molar-refractivity contribution is -0.120. The maximum atomic E-state index is 12.1. The molecule has 8 nitrogen and oxygen atoms in total. The maximum absolute atomic E-state index is 12.1. The highest BCUT2D eigenvalue weighted by molar-refractivity contribution is 5.96. The highest BCUT2D eigenvalue weighted by atomic mass is 16.5. The van der Waals surface area contributed by atoms with Crippen molar-refractivity contribution in [1.82, 2.24) is 10.7 Å². The van der Waals surface area contributed by atoms with Crippen LogP contribution in [0.2, 0.25) is 0 Å². The predicted octanol–water partition coefficient (Wildman–Crippen LogP) is 2.46. The molecule has 0 bridgehead atoms. The van der Waals surface area contributed by atoms with E-state index in [1.807, 2.05) is 0 Å². The first-order valence-corrected chi connectivity index (χ1v) is 9.23. The van der Waals surface area contributed by atoms with E-state index in [9.17, 15) is 14.7 Å². The molecule has 0 saturated heterocycles. The smallest absolute Gasteiger partial charge is 0.259 e. The molecular weight excluding hydrogens is 374 g/mol. The first-order chi connectivity index (χ1) is 14.0. The lowest BCUT2D eigenvalue weighted by atomic mass is 10.2. The molecule has 154 valence electrons. The number of aromatic hydroxyl groups is 1. The van der Waals surface area contributed by atoms with E-state index in [0.29, 0.717) is 29.2 Å². The topological polar surface area (TPSA) is 109 Å². The van der Waals surface area contributed by atoms with Crippen LogP contribution in [0.5, 0.6) is 17.2 Å². The molecule has 0 saturated carbocycles. The molecule has 0 heterocycles. The molecule has 0 aliphatic rings. The van der Waals surface area contributed by atoms with Crippen LogP contribution >= 0.6 is 0 Å². The van der Waals surface area contributed by atoms with E-state index < -0.39 is 5.91 Å². The van der Waals surface area contributed by atoms with Gasteiger partial charge in [-0.15, -0.1) is 0 Å². The summed E-state index contributed by atoms with van der Waals surface area (Å²) in [6.45, 7) is 2.48. The van der Waals surface area contributed by atoms with E-state index in [2.05, 4.69) is 22.8 Å². The van der Waals surface area contributed by atoms with Crippen LogP contribution in [0.25, 0.3) is 0 Å². The second-order valence-electron chi connectivity index (χ2n) is 6.13. The van der Waals surface area contributed by atoms with Crippen LogP contribution in [0.4, 0.5) is 0 Å². The molecule has 2 aromatic carbocycles. The van der Waals surface area contributed by atoms with Crippen molar-refractivity contribution in [3.05, 3.63) is 53.6 Å². The van der Waals surface area contributed by atoms with Gasteiger partial charge in [0.2, 0.25) is 0 Å². The van der Waals surface area contributed by atoms with Crippen LogP contribution < -0.4 is 20.2 Å². The predicted molar refractivity (Wildman–Crippen MR) is 110 cm³/mol. The SMILES string of the molecule is CCCCOc1ccc(C(=O)NCC(=O)N/N=C\c2cc(OC)ccc2O)cc1. The standard InChI is InChI=1S/C21H25N3O5/c1-3-4-11-29-17-7-5-15(6-8-17)21(27)22-14-20(26)24-23-13-16-12-18(28-2)9-10-19(16)25/h5-10,12-13,25H,3-4,11,14H2,1-2H3,(H,22,27)(H,24,26)/b23-13-. The third kappa shape index (κ3) is 7.17. The molecule has 0 radical (unpaired) electrons. The Morgan fingerprint density at radius 2 is 1.86 bits per heavy atom. The first kappa shape index (κ1) is 21.7. The fourth-order valence-corrected chi connectivity index (χ4v) is 2.28. The minimum Gasteiger partial charge on any atom is -0.507 e. The van der Waals surface area contributed by atoms with Gasteiger partial charge in [-0.2, -0.15) is 5.10 Å². The Morgan fingerprint density at radius 3 is 2.55 bits per heavy atom. The van der Waals surface area contributed by atoms with Crippen LogP contribution in [-0.4, -0.2) is 43.4 Å². The summed E-state index contributed by atoms with van der Waals surface area (Å²) in [5.74, 6) is 0.359. The van der Waals surface area contributed by atoms with Crippen LogP contribution in [0.1, 0.15) is 35.7 Å². The molecule has 0 aromatic heterocycles. The van der Waals surface area contributed by atoms with E-state index in [1.165, 1.54) is 19.4 Å². The molecule has 0 unspecified atom stereocenters. The van der Waals surface area contributed by atoms with Crippen molar-refractivity contribution >= 4 is 18.0 Å². The summed E-state index contributed by atoms with van der Waals surface area (Å²) >= 11 is 0. The van der Waals surface area contributed by atoms with Gasteiger partial charge in [-0.3, -0.25) is 9.59 Å². The largest absolute Gasteiger partial charge is 0.507 e. The molecule has 2 rings (SSSR count). The summed E-state index contributed by atoms with van der Waals surface area (Å²) in [6.07, 6.45) is 3.30. The molecule has 8 heteroatoms. The minimum absolute atomic E-state index is 0.000720. The number of amides is 2. The Morgan fingerprint density at radius 1 is 1.14 bits per heavy atom. The molecule has 0 aliphatic carbocycles. The normalized spacial score (nSPS) is 10.6. The molecule has 0 aliphatic heterocycles. The van der Waals surface area contributed by atoms with Gasteiger partial charge >= 0.3 is 0 Å². The number of ether oxygens (including phenoxy) is 2. The number of nitrogens with one attached hydrogen (secondary N) is 2. The highest BCUT2D eigenvalue weighted by Gasteiger charge is 2.08. The fourth-order valence-electron chi connectivity index (χ4n) is 2.28. The van der Waals surface area contributed by atoms with E-state index in [1.54, 1.807) is 36.4 Å². The Hall–Kier alpha value is -3.55. The zero-order chi connectivity index (χ0) is 21.1. The number of rotatable bonds is 10. The van der Waals surface area contributed by atoms with Crippen LogP contribution in [0.15, 0.2) is 47.6 Å². The third-order valence-electron chi connectivity index (χ3n) is 3.92. The summed E-state index contributed by atoms with van der Waals surface area (Å²) in [5, 5.41) is 16.0. The average Bonchev–Trinajstić information content (AvgIpc) is 2.74. The molecular formula is C21H25N3O5. The van der Waals surface area contributed by atoms with E-state index in [0.717, 1.165) is 12.8 Å². The number of hydrazone groups is 1. The van der Waals surface area contributed by atoms with Crippen LogP contribution in [-0.2, 0) is 4.79 Å². The van der Waals surface area contributed by atoms with Crippen molar-refractivity contribution in [2.75, 3.05) is 20.3 Å². The monoisotopic (exact) mass is 399 g/mol. The first-order valence-electron chi connectivity index (χ1n) is 9.23. The molecule has 0 spiro atoms. The van der Waals surface area contributed by atoms with Gasteiger partial charge in [0.25, 0.3) is 11.8 Å². The summed E-state index contributed by atoms with van der Waals surface area (Å²) in [4.78, 5) is 23.9. The maximum Gasteiger partial charge on any atom is 0.259 e. The Balaban J connectivity index is 1.79. The summed E-state index contributed by atoms with van der Waals surface area (Å²) < 4.78 is 10.6. The van der Waals surface area contributed by atoms with Crippen LogP contribution in [0.3, 0.4) is 0 Å². The van der Waals surface area contributed by atoms with E-state index in [-0.39, 0.29) is 18.2 Å². The Bertz CT molecular complexity index is 850. The van der Waals surface area contributed by atoms with Crippen molar-refractivity contribution in [2.45, 2.75) is 19.8 Å². The quantitative estimate of drug-likeness (QED) is 0.323. The van der Waals surface area contributed by atoms with Gasteiger partial charge in [0.05, 0.1) is 26.5 Å². The number of carbonyl (C=O) groups excluding carboxylic acids is 2. The molecule has 2 aromatic rings. The number of hydrogen-bond acceptors (Lipinski definition) is 6. The number of benzene rings is 2. The molecule has 0 atom stereocenters. The number of methoxy groups -OCH3 is 1. The van der Waals surface area contributed by atoms with Gasteiger partial charge in [-0.05, 0) is 48.9 Å². The van der Waals surface area contributed by atoms with Gasteiger partial charge in [0.1, 0.15) is 17.2 Å². The van der Waals surface area contributed by atoms with Crippen molar-refractivity contribution in [3.63, 3.8) is 0 Å². The molecule has 29 heavy (non-hydrogen) atoms. The van der Waals surface area contributed by atoms with Gasteiger partial charge in [-0.1, -0.05) is 13.3 Å².